The number of rotatable bonds is 6. The molecule has 0 atom stereocenters. The molecule has 8 heteroatoms. The van der Waals surface area contributed by atoms with Crippen LogP contribution >= 0.6 is 11.5 Å². The molecule has 6 nitrogen and oxygen atoms in total. The maximum atomic E-state index is 11.9. The van der Waals surface area contributed by atoms with Crippen molar-refractivity contribution in [1.29, 1.82) is 0 Å². The summed E-state index contributed by atoms with van der Waals surface area (Å²) in [7, 11) is 0.427. The molecule has 0 saturated heterocycles. The molecule has 0 N–H and O–H groups in total. The van der Waals surface area contributed by atoms with Crippen molar-refractivity contribution in [3.05, 3.63) is 41.7 Å². The molecule has 0 aliphatic rings. The first-order valence-electron chi connectivity index (χ1n) is 6.35. The molecule has 2 rings (SSSR count). The Morgan fingerprint density at radius 1 is 1.14 bits per heavy atom. The van der Waals surface area contributed by atoms with Crippen LogP contribution in [0.5, 0.6) is 0 Å². The van der Waals surface area contributed by atoms with E-state index in [9.17, 15) is 8.42 Å². The zero-order chi connectivity index (χ0) is 15.5. The lowest BCUT2D eigenvalue weighted by Gasteiger charge is -2.18. The second kappa shape index (κ2) is 6.50. The summed E-state index contributed by atoms with van der Waals surface area (Å²) >= 11 is 1.26. The van der Waals surface area contributed by atoms with Gasteiger partial charge in [0.25, 0.3) is 0 Å². The first-order chi connectivity index (χ1) is 9.86. The van der Waals surface area contributed by atoms with Crippen LogP contribution in [0.15, 0.2) is 30.3 Å². The fourth-order valence-electron chi connectivity index (χ4n) is 1.73. The van der Waals surface area contributed by atoms with Crippen LogP contribution in [0.2, 0.25) is 0 Å². The molecular formula is C13H18N4O2S2. The number of anilines is 1. The van der Waals surface area contributed by atoms with E-state index in [1.807, 2.05) is 49.3 Å². The Bertz CT molecular complexity index is 683. The van der Waals surface area contributed by atoms with Crippen LogP contribution < -0.4 is 4.90 Å². The van der Waals surface area contributed by atoms with Crippen molar-refractivity contribution in [2.75, 3.05) is 25.3 Å². The first-order valence-corrected chi connectivity index (χ1v) is 8.97. The van der Waals surface area contributed by atoms with Crippen molar-refractivity contribution in [3.63, 3.8) is 0 Å². The average molecular weight is 326 g/mol. The molecule has 21 heavy (non-hydrogen) atoms. The van der Waals surface area contributed by atoms with Gasteiger partial charge in [0.1, 0.15) is 0 Å². The van der Waals surface area contributed by atoms with Crippen LogP contribution in [0.4, 0.5) is 5.13 Å². The third-order valence-electron chi connectivity index (χ3n) is 2.83. The standard InChI is InChI=1S/C13H18N4O2S2/c1-16(2)13-14-12(15-20-13)10-17(21(3,18)19)9-11-7-5-4-6-8-11/h4-8H,9-10H2,1-3H3. The zero-order valence-electron chi connectivity index (χ0n) is 12.2. The molecule has 0 aliphatic carbocycles. The predicted molar refractivity (Wildman–Crippen MR) is 84.8 cm³/mol. The zero-order valence-corrected chi connectivity index (χ0v) is 13.9. The number of hydrogen-bond donors (Lipinski definition) is 0. The predicted octanol–water partition coefficient (Wildman–Crippen LogP) is 1.57. The molecule has 0 bridgehead atoms. The minimum atomic E-state index is -3.33. The molecule has 1 heterocycles. The van der Waals surface area contributed by atoms with E-state index < -0.39 is 10.0 Å². The molecular weight excluding hydrogens is 308 g/mol. The van der Waals surface area contributed by atoms with E-state index in [2.05, 4.69) is 9.36 Å². The van der Waals surface area contributed by atoms with Crippen molar-refractivity contribution in [3.8, 4) is 0 Å². The molecule has 0 spiro atoms. The molecule has 114 valence electrons. The highest BCUT2D eigenvalue weighted by Crippen LogP contribution is 2.17. The highest BCUT2D eigenvalue weighted by Gasteiger charge is 2.20. The lowest BCUT2D eigenvalue weighted by Crippen LogP contribution is -2.29. The van der Waals surface area contributed by atoms with Crippen molar-refractivity contribution in [2.45, 2.75) is 13.1 Å². The van der Waals surface area contributed by atoms with Crippen LogP contribution in [0.3, 0.4) is 0 Å². The second-order valence-corrected chi connectivity index (χ2v) is 7.62. The lowest BCUT2D eigenvalue weighted by atomic mass is 10.2. The Hall–Kier alpha value is -1.51. The van der Waals surface area contributed by atoms with Crippen LogP contribution in [0.25, 0.3) is 0 Å². The molecule has 1 aromatic carbocycles. The fraction of sp³-hybridized carbons (Fsp3) is 0.385. The van der Waals surface area contributed by atoms with Gasteiger partial charge in [0.05, 0.1) is 12.8 Å². The Kier molecular flexibility index (Phi) is 4.92. The summed E-state index contributed by atoms with van der Waals surface area (Å²) in [6, 6.07) is 9.48. The van der Waals surface area contributed by atoms with Gasteiger partial charge in [-0.25, -0.2) is 13.4 Å². The number of nitrogens with zero attached hydrogens (tertiary/aromatic N) is 4. The van der Waals surface area contributed by atoms with E-state index in [1.54, 1.807) is 0 Å². The van der Waals surface area contributed by atoms with E-state index in [0.717, 1.165) is 10.7 Å². The van der Waals surface area contributed by atoms with Gasteiger partial charge >= 0.3 is 0 Å². The van der Waals surface area contributed by atoms with Gasteiger partial charge in [0.2, 0.25) is 15.2 Å². The third kappa shape index (κ3) is 4.48. The van der Waals surface area contributed by atoms with Gasteiger partial charge in [-0.3, -0.25) is 0 Å². The summed E-state index contributed by atoms with van der Waals surface area (Å²) in [4.78, 5) is 6.18. The van der Waals surface area contributed by atoms with Gasteiger partial charge in [-0.1, -0.05) is 30.3 Å². The van der Waals surface area contributed by atoms with Crippen molar-refractivity contribution < 1.29 is 8.42 Å². The molecule has 2 aromatic rings. The maximum Gasteiger partial charge on any atom is 0.211 e. The first kappa shape index (κ1) is 15.9. The molecule has 0 unspecified atom stereocenters. The summed E-state index contributed by atoms with van der Waals surface area (Å²) in [5.41, 5.74) is 0.936. The molecule has 1 aromatic heterocycles. The second-order valence-electron chi connectivity index (χ2n) is 4.90. The Morgan fingerprint density at radius 2 is 1.81 bits per heavy atom. The minimum absolute atomic E-state index is 0.179. The van der Waals surface area contributed by atoms with Crippen LogP contribution in [-0.4, -0.2) is 42.4 Å². The number of benzene rings is 1. The van der Waals surface area contributed by atoms with Crippen LogP contribution in [0, 0.1) is 0 Å². The summed E-state index contributed by atoms with van der Waals surface area (Å²) in [5.74, 6) is 0.519. The Labute approximate surface area is 129 Å². The van der Waals surface area contributed by atoms with Gasteiger partial charge in [-0.2, -0.15) is 8.68 Å². The summed E-state index contributed by atoms with van der Waals surface area (Å²) in [6.45, 7) is 0.494. The van der Waals surface area contributed by atoms with Crippen LogP contribution in [0.1, 0.15) is 11.4 Å². The smallest absolute Gasteiger partial charge is 0.211 e. The average Bonchev–Trinajstić information content (AvgIpc) is 2.87. The SMILES string of the molecule is CN(C)c1nc(CN(Cc2ccccc2)S(C)(=O)=O)ns1. The van der Waals surface area contributed by atoms with Crippen molar-refractivity contribution in [2.24, 2.45) is 0 Å². The molecule has 0 radical (unpaired) electrons. The highest BCUT2D eigenvalue weighted by atomic mass is 32.2. The Morgan fingerprint density at radius 3 is 2.33 bits per heavy atom. The monoisotopic (exact) mass is 326 g/mol. The van der Waals surface area contributed by atoms with Gasteiger partial charge in [-0.05, 0) is 5.56 Å². The highest BCUT2D eigenvalue weighted by molar-refractivity contribution is 7.88. The van der Waals surface area contributed by atoms with E-state index in [4.69, 9.17) is 0 Å². The molecule has 0 fully saturated rings. The minimum Gasteiger partial charge on any atom is -0.353 e. The van der Waals surface area contributed by atoms with E-state index >= 15 is 0 Å². The topological polar surface area (TPSA) is 66.4 Å². The summed E-state index contributed by atoms with van der Waals surface area (Å²) in [6.07, 6.45) is 1.20. The molecule has 0 saturated carbocycles. The summed E-state index contributed by atoms with van der Waals surface area (Å²) < 4.78 is 29.5. The van der Waals surface area contributed by atoms with Gasteiger partial charge in [-0.15, -0.1) is 0 Å². The molecule has 0 amide bonds. The van der Waals surface area contributed by atoms with Crippen molar-refractivity contribution in [1.82, 2.24) is 13.7 Å². The van der Waals surface area contributed by atoms with Crippen molar-refractivity contribution >= 4 is 26.7 Å². The van der Waals surface area contributed by atoms with E-state index in [0.29, 0.717) is 12.4 Å². The summed E-state index contributed by atoms with van der Waals surface area (Å²) in [5, 5.41) is 0.762. The Balaban J connectivity index is 2.17. The van der Waals surface area contributed by atoms with Gasteiger partial charge < -0.3 is 4.90 Å². The van der Waals surface area contributed by atoms with Gasteiger partial charge in [0, 0.05) is 32.2 Å². The fourth-order valence-corrected chi connectivity index (χ4v) is 3.05. The maximum absolute atomic E-state index is 11.9. The quantitative estimate of drug-likeness (QED) is 0.806. The normalized spacial score (nSPS) is 11.8. The third-order valence-corrected chi connectivity index (χ3v) is 4.95. The largest absolute Gasteiger partial charge is 0.353 e. The number of hydrogen-bond acceptors (Lipinski definition) is 6. The van der Waals surface area contributed by atoms with Gasteiger partial charge in [0.15, 0.2) is 5.82 Å². The lowest BCUT2D eigenvalue weighted by molar-refractivity contribution is 0.397. The molecule has 0 aliphatic heterocycles. The van der Waals surface area contributed by atoms with E-state index in [-0.39, 0.29) is 6.54 Å². The number of aromatic nitrogens is 2. The van der Waals surface area contributed by atoms with Crippen LogP contribution in [-0.2, 0) is 23.1 Å². The number of sulfonamides is 1. The van der Waals surface area contributed by atoms with E-state index in [1.165, 1.54) is 22.1 Å².